The number of carbonyl (C=O) groups is 1. The van der Waals surface area contributed by atoms with Gasteiger partial charge in [0.15, 0.2) is 17.2 Å². The van der Waals surface area contributed by atoms with Crippen molar-refractivity contribution in [2.75, 3.05) is 21.3 Å². The van der Waals surface area contributed by atoms with Crippen LogP contribution in [0.3, 0.4) is 0 Å². The van der Waals surface area contributed by atoms with E-state index in [2.05, 4.69) is 15.6 Å². The van der Waals surface area contributed by atoms with Crippen LogP contribution in [0.4, 0.5) is 5.69 Å². The van der Waals surface area contributed by atoms with E-state index in [0.717, 1.165) is 0 Å². The predicted octanol–water partition coefficient (Wildman–Crippen LogP) is 2.50. The van der Waals surface area contributed by atoms with Crippen molar-refractivity contribution in [1.82, 2.24) is 20.3 Å². The molecule has 1 heterocycles. The molecule has 12 heteroatoms. The molecule has 1 unspecified atom stereocenters. The molecule has 0 aliphatic heterocycles. The van der Waals surface area contributed by atoms with Crippen LogP contribution in [0.25, 0.3) is 5.69 Å². The summed E-state index contributed by atoms with van der Waals surface area (Å²) in [6.07, 6.45) is 0. The van der Waals surface area contributed by atoms with E-state index in [1.165, 1.54) is 44.2 Å². The number of ether oxygens (including phenoxy) is 3. The molecule has 0 spiro atoms. The van der Waals surface area contributed by atoms with Crippen LogP contribution in [0.2, 0.25) is 0 Å². The Bertz CT molecular complexity index is 1220. The number of benzene rings is 2. The molecule has 0 bridgehead atoms. The standard InChI is InChI=1S/C21H20N6O6/c1-12-19(24-25-26(12)14-6-5-7-15(10-14)27(29)30)21(28)23-16(11-22)13-8-17(31-2)20(33-4)18(9-13)32-3/h5-10,16H,1-4H3,(H,23,28). The first-order chi connectivity index (χ1) is 15.8. The molecule has 0 saturated carbocycles. The van der Waals surface area contributed by atoms with Gasteiger partial charge in [0.25, 0.3) is 11.6 Å². The Hall–Kier alpha value is -4.66. The number of hydrogen-bond acceptors (Lipinski definition) is 9. The van der Waals surface area contributed by atoms with E-state index in [9.17, 15) is 20.2 Å². The van der Waals surface area contributed by atoms with Crippen molar-refractivity contribution in [3.8, 4) is 29.0 Å². The summed E-state index contributed by atoms with van der Waals surface area (Å²) in [7, 11) is 4.34. The number of nitrogens with zero attached hydrogens (tertiary/aromatic N) is 5. The molecule has 3 aromatic rings. The van der Waals surface area contributed by atoms with Gasteiger partial charge in [0.05, 0.1) is 43.7 Å². The molecule has 0 aliphatic carbocycles. The maximum absolute atomic E-state index is 12.9. The lowest BCUT2D eigenvalue weighted by molar-refractivity contribution is -0.384. The van der Waals surface area contributed by atoms with Gasteiger partial charge in [-0.05, 0) is 30.7 Å². The highest BCUT2D eigenvalue weighted by molar-refractivity contribution is 5.93. The molecule has 12 nitrogen and oxygen atoms in total. The first-order valence-electron chi connectivity index (χ1n) is 9.52. The van der Waals surface area contributed by atoms with Gasteiger partial charge in [-0.3, -0.25) is 14.9 Å². The normalized spacial score (nSPS) is 11.2. The topological polar surface area (TPSA) is 154 Å². The third-order valence-electron chi connectivity index (χ3n) is 4.82. The lowest BCUT2D eigenvalue weighted by Crippen LogP contribution is -2.28. The van der Waals surface area contributed by atoms with E-state index in [1.807, 2.05) is 6.07 Å². The molecular weight excluding hydrogens is 432 g/mol. The monoisotopic (exact) mass is 452 g/mol. The minimum atomic E-state index is -1.06. The number of amides is 1. The van der Waals surface area contributed by atoms with E-state index in [1.54, 1.807) is 25.1 Å². The third kappa shape index (κ3) is 4.52. The molecule has 1 atom stereocenters. The van der Waals surface area contributed by atoms with Crippen LogP contribution in [0.15, 0.2) is 36.4 Å². The fourth-order valence-electron chi connectivity index (χ4n) is 3.18. The summed E-state index contributed by atoms with van der Waals surface area (Å²) in [5.74, 6) is 0.357. The summed E-state index contributed by atoms with van der Waals surface area (Å²) in [6, 6.07) is 9.85. The van der Waals surface area contributed by atoms with Crippen molar-refractivity contribution < 1.29 is 23.9 Å². The lowest BCUT2D eigenvalue weighted by Gasteiger charge is -2.17. The van der Waals surface area contributed by atoms with Gasteiger partial charge in [0, 0.05) is 12.1 Å². The highest BCUT2D eigenvalue weighted by Gasteiger charge is 2.24. The van der Waals surface area contributed by atoms with Crippen molar-refractivity contribution in [2.45, 2.75) is 13.0 Å². The number of hydrogen-bond donors (Lipinski definition) is 1. The zero-order valence-corrected chi connectivity index (χ0v) is 18.2. The van der Waals surface area contributed by atoms with Crippen LogP contribution in [0, 0.1) is 28.4 Å². The van der Waals surface area contributed by atoms with Gasteiger partial charge in [0.2, 0.25) is 5.75 Å². The summed E-state index contributed by atoms with van der Waals surface area (Å²) >= 11 is 0. The molecule has 1 aromatic heterocycles. The summed E-state index contributed by atoms with van der Waals surface area (Å²) in [4.78, 5) is 23.4. The zero-order valence-electron chi connectivity index (χ0n) is 18.2. The summed E-state index contributed by atoms with van der Waals surface area (Å²) in [6.45, 7) is 1.59. The van der Waals surface area contributed by atoms with Crippen molar-refractivity contribution in [2.24, 2.45) is 0 Å². The predicted molar refractivity (Wildman–Crippen MR) is 115 cm³/mol. The number of nitro benzene ring substituents is 1. The first kappa shape index (κ1) is 23.0. The maximum atomic E-state index is 12.9. The number of rotatable bonds is 8. The Labute approximate surface area is 188 Å². The van der Waals surface area contributed by atoms with Gasteiger partial charge in [0.1, 0.15) is 6.04 Å². The number of aromatic nitrogens is 3. The second-order valence-corrected chi connectivity index (χ2v) is 6.71. The number of carbonyl (C=O) groups excluding carboxylic acids is 1. The van der Waals surface area contributed by atoms with Crippen molar-refractivity contribution in [3.05, 3.63) is 63.5 Å². The number of nitriles is 1. The van der Waals surface area contributed by atoms with Crippen LogP contribution in [0.1, 0.15) is 27.8 Å². The molecule has 2 aromatic carbocycles. The van der Waals surface area contributed by atoms with Crippen LogP contribution in [-0.4, -0.2) is 47.2 Å². The Balaban J connectivity index is 1.91. The minimum absolute atomic E-state index is 0.0332. The van der Waals surface area contributed by atoms with Gasteiger partial charge in [-0.2, -0.15) is 5.26 Å². The van der Waals surface area contributed by atoms with Crippen LogP contribution >= 0.6 is 0 Å². The van der Waals surface area contributed by atoms with Crippen LogP contribution < -0.4 is 19.5 Å². The second-order valence-electron chi connectivity index (χ2n) is 6.71. The Morgan fingerprint density at radius 3 is 2.39 bits per heavy atom. The molecule has 1 amide bonds. The Morgan fingerprint density at radius 2 is 1.85 bits per heavy atom. The molecule has 1 N–H and O–H groups in total. The molecule has 0 fully saturated rings. The highest BCUT2D eigenvalue weighted by Crippen LogP contribution is 2.39. The van der Waals surface area contributed by atoms with Gasteiger partial charge in [-0.15, -0.1) is 5.10 Å². The average Bonchev–Trinajstić information content (AvgIpc) is 3.22. The van der Waals surface area contributed by atoms with E-state index in [-0.39, 0.29) is 11.4 Å². The molecule has 0 saturated heterocycles. The molecule has 0 aliphatic rings. The molecule has 0 radical (unpaired) electrons. The van der Waals surface area contributed by atoms with Gasteiger partial charge in [-0.25, -0.2) is 4.68 Å². The fraction of sp³-hybridized carbons (Fsp3) is 0.238. The van der Waals surface area contributed by atoms with Gasteiger partial charge in [-0.1, -0.05) is 11.3 Å². The molecule has 3 rings (SSSR count). The summed E-state index contributed by atoms with van der Waals surface area (Å²) < 4.78 is 17.2. The maximum Gasteiger partial charge on any atom is 0.275 e. The lowest BCUT2D eigenvalue weighted by atomic mass is 10.1. The molecular formula is C21H20N6O6. The van der Waals surface area contributed by atoms with Crippen LogP contribution in [0.5, 0.6) is 17.2 Å². The summed E-state index contributed by atoms with van der Waals surface area (Å²) in [5.41, 5.74) is 0.961. The minimum Gasteiger partial charge on any atom is -0.493 e. The smallest absolute Gasteiger partial charge is 0.275 e. The molecule has 33 heavy (non-hydrogen) atoms. The van der Waals surface area contributed by atoms with E-state index in [0.29, 0.717) is 34.2 Å². The number of nitrogens with one attached hydrogen (secondary N) is 1. The largest absolute Gasteiger partial charge is 0.493 e. The van der Waals surface area contributed by atoms with Crippen molar-refractivity contribution in [3.63, 3.8) is 0 Å². The highest BCUT2D eigenvalue weighted by atomic mass is 16.6. The molecule has 170 valence electrons. The SMILES string of the molecule is COc1cc(C(C#N)NC(=O)c2nnn(-c3cccc([N+](=O)[O-])c3)c2C)cc(OC)c1OC. The number of methoxy groups -OCH3 is 3. The third-order valence-corrected chi connectivity index (χ3v) is 4.82. The van der Waals surface area contributed by atoms with Crippen molar-refractivity contribution >= 4 is 11.6 Å². The zero-order chi connectivity index (χ0) is 24.1. The van der Waals surface area contributed by atoms with E-state index >= 15 is 0 Å². The van der Waals surface area contributed by atoms with Crippen molar-refractivity contribution in [1.29, 1.82) is 5.26 Å². The number of non-ortho nitro benzene ring substituents is 1. The van der Waals surface area contributed by atoms with E-state index in [4.69, 9.17) is 14.2 Å². The Kier molecular flexibility index (Phi) is 6.73. The average molecular weight is 452 g/mol. The summed E-state index contributed by atoms with van der Waals surface area (Å²) in [5, 5.41) is 31.2. The second kappa shape index (κ2) is 9.65. The van der Waals surface area contributed by atoms with E-state index < -0.39 is 16.9 Å². The fourth-order valence-corrected chi connectivity index (χ4v) is 3.18. The quantitative estimate of drug-likeness (QED) is 0.401. The van der Waals surface area contributed by atoms with Gasteiger partial charge >= 0.3 is 0 Å². The Morgan fingerprint density at radius 1 is 1.18 bits per heavy atom. The number of nitro groups is 1. The first-order valence-corrected chi connectivity index (χ1v) is 9.52. The van der Waals surface area contributed by atoms with Gasteiger partial charge < -0.3 is 19.5 Å². The van der Waals surface area contributed by atoms with Crippen LogP contribution in [-0.2, 0) is 0 Å².